The first-order valence-electron chi connectivity index (χ1n) is 8.88. The molecule has 1 atom stereocenters. The maximum absolute atomic E-state index is 12.6. The third-order valence-corrected chi connectivity index (χ3v) is 6.40. The van der Waals surface area contributed by atoms with Crippen LogP contribution in [-0.2, 0) is 21.2 Å². The largest absolute Gasteiger partial charge is 0.354 e. The van der Waals surface area contributed by atoms with Gasteiger partial charge in [-0.05, 0) is 56.0 Å². The van der Waals surface area contributed by atoms with Crippen molar-refractivity contribution in [3.63, 3.8) is 0 Å². The van der Waals surface area contributed by atoms with Crippen LogP contribution in [0.25, 0.3) is 0 Å². The van der Waals surface area contributed by atoms with Gasteiger partial charge in [0, 0.05) is 16.6 Å². The second-order valence-electron chi connectivity index (χ2n) is 6.65. The van der Waals surface area contributed by atoms with Crippen LogP contribution in [0.5, 0.6) is 0 Å². The van der Waals surface area contributed by atoms with Crippen LogP contribution in [0.2, 0.25) is 10.0 Å². The van der Waals surface area contributed by atoms with Gasteiger partial charge in [0.05, 0.1) is 11.9 Å². The summed E-state index contributed by atoms with van der Waals surface area (Å²) < 4.78 is 25.7. The van der Waals surface area contributed by atoms with Gasteiger partial charge in [-0.2, -0.15) is 0 Å². The third kappa shape index (κ3) is 5.87. The summed E-state index contributed by atoms with van der Waals surface area (Å²) in [6, 6.07) is 11.6. The maximum Gasteiger partial charge on any atom is 0.243 e. The lowest BCUT2D eigenvalue weighted by Crippen LogP contribution is -2.48. The van der Waals surface area contributed by atoms with Crippen LogP contribution >= 0.6 is 23.2 Å². The van der Waals surface area contributed by atoms with E-state index in [2.05, 4.69) is 5.32 Å². The average Bonchev–Trinajstić information content (AvgIpc) is 2.62. The second kappa shape index (κ2) is 9.63. The van der Waals surface area contributed by atoms with Crippen molar-refractivity contribution in [3.8, 4) is 0 Å². The zero-order chi connectivity index (χ0) is 20.9. The molecule has 0 bridgehead atoms. The summed E-state index contributed by atoms with van der Waals surface area (Å²) in [6.07, 6.45) is 2.48. The number of carbonyl (C=O) groups excluding carboxylic acids is 1. The fourth-order valence-corrected chi connectivity index (χ4v) is 4.44. The molecule has 0 radical (unpaired) electrons. The standard InChI is InChI=1S/C20H24Cl2N2O3S/c1-14-10-11-17(13-19(14)22)24(28(3,26)27)15(2)20(25)23-12-6-8-16-7-4-5-9-18(16)21/h4-5,7,9-11,13,15H,6,8,12H2,1-3H3,(H,23,25)/t15-/m1/s1. The van der Waals surface area contributed by atoms with Crippen LogP contribution in [-0.4, -0.2) is 33.2 Å². The Labute approximate surface area is 176 Å². The Morgan fingerprint density at radius 2 is 1.82 bits per heavy atom. The van der Waals surface area contributed by atoms with Gasteiger partial charge in [-0.15, -0.1) is 0 Å². The van der Waals surface area contributed by atoms with E-state index in [0.717, 1.165) is 28.1 Å². The van der Waals surface area contributed by atoms with Crippen molar-refractivity contribution in [2.24, 2.45) is 0 Å². The van der Waals surface area contributed by atoms with Gasteiger partial charge in [0.1, 0.15) is 6.04 Å². The first kappa shape index (κ1) is 22.5. The zero-order valence-electron chi connectivity index (χ0n) is 16.1. The lowest BCUT2D eigenvalue weighted by atomic mass is 10.1. The highest BCUT2D eigenvalue weighted by atomic mass is 35.5. The molecule has 1 amide bonds. The fourth-order valence-electron chi connectivity index (χ4n) is 2.87. The highest BCUT2D eigenvalue weighted by Crippen LogP contribution is 2.26. The predicted molar refractivity (Wildman–Crippen MR) is 116 cm³/mol. The Bertz CT molecular complexity index is 948. The summed E-state index contributed by atoms with van der Waals surface area (Å²) in [4.78, 5) is 12.6. The fraction of sp³-hybridized carbons (Fsp3) is 0.350. The molecular formula is C20H24Cl2N2O3S. The Morgan fingerprint density at radius 1 is 1.14 bits per heavy atom. The van der Waals surface area contributed by atoms with Crippen LogP contribution in [0.3, 0.4) is 0 Å². The number of sulfonamides is 1. The van der Waals surface area contributed by atoms with Gasteiger partial charge in [-0.25, -0.2) is 8.42 Å². The number of halogens is 2. The molecule has 8 heteroatoms. The van der Waals surface area contributed by atoms with Crippen molar-refractivity contribution in [2.75, 3.05) is 17.1 Å². The Morgan fingerprint density at radius 3 is 2.43 bits per heavy atom. The molecule has 1 N–H and O–H groups in total. The van der Waals surface area contributed by atoms with Crippen LogP contribution in [0, 0.1) is 6.92 Å². The number of hydrogen-bond acceptors (Lipinski definition) is 3. The van der Waals surface area contributed by atoms with Gasteiger partial charge in [-0.1, -0.05) is 47.5 Å². The molecule has 0 aliphatic heterocycles. The molecule has 0 saturated heterocycles. The molecule has 0 fully saturated rings. The number of rotatable bonds is 8. The van der Waals surface area contributed by atoms with Gasteiger partial charge < -0.3 is 5.32 Å². The number of aryl methyl sites for hydroxylation is 2. The van der Waals surface area contributed by atoms with Gasteiger partial charge in [0.15, 0.2) is 0 Å². The van der Waals surface area contributed by atoms with E-state index < -0.39 is 16.1 Å². The Kier molecular flexibility index (Phi) is 7.75. The molecule has 0 spiro atoms. The van der Waals surface area contributed by atoms with Crippen LogP contribution in [0.4, 0.5) is 5.69 Å². The Balaban J connectivity index is 2.03. The van der Waals surface area contributed by atoms with Gasteiger partial charge in [0.25, 0.3) is 0 Å². The molecule has 0 aromatic heterocycles. The number of hydrogen-bond donors (Lipinski definition) is 1. The lowest BCUT2D eigenvalue weighted by Gasteiger charge is -2.28. The topological polar surface area (TPSA) is 66.5 Å². The summed E-state index contributed by atoms with van der Waals surface area (Å²) >= 11 is 12.3. The highest BCUT2D eigenvalue weighted by Gasteiger charge is 2.29. The molecule has 0 aliphatic rings. The predicted octanol–water partition coefficient (Wildman–Crippen LogP) is 4.21. The van der Waals surface area contributed by atoms with Crippen molar-refractivity contribution >= 4 is 44.8 Å². The zero-order valence-corrected chi connectivity index (χ0v) is 18.4. The van der Waals surface area contributed by atoms with Crippen molar-refractivity contribution in [1.82, 2.24) is 5.32 Å². The number of nitrogens with zero attached hydrogens (tertiary/aromatic N) is 1. The molecular weight excluding hydrogens is 419 g/mol. The molecule has 0 saturated carbocycles. The minimum Gasteiger partial charge on any atom is -0.354 e. The number of nitrogens with one attached hydrogen (secondary N) is 1. The summed E-state index contributed by atoms with van der Waals surface area (Å²) in [6.45, 7) is 3.80. The van der Waals surface area contributed by atoms with Crippen molar-refractivity contribution in [1.29, 1.82) is 0 Å². The molecule has 2 aromatic rings. The SMILES string of the molecule is Cc1ccc(N([C@H](C)C(=O)NCCCc2ccccc2Cl)S(C)(=O)=O)cc1Cl. The molecule has 152 valence electrons. The van der Waals surface area contributed by atoms with E-state index in [4.69, 9.17) is 23.2 Å². The van der Waals surface area contributed by atoms with E-state index in [-0.39, 0.29) is 5.91 Å². The highest BCUT2D eigenvalue weighted by molar-refractivity contribution is 7.92. The van der Waals surface area contributed by atoms with Crippen LogP contribution in [0.1, 0.15) is 24.5 Å². The summed E-state index contributed by atoms with van der Waals surface area (Å²) in [5.41, 5.74) is 2.20. The van der Waals surface area contributed by atoms with Gasteiger partial charge >= 0.3 is 0 Å². The summed E-state index contributed by atoms with van der Waals surface area (Å²) in [7, 11) is -3.67. The van der Waals surface area contributed by atoms with E-state index >= 15 is 0 Å². The van der Waals surface area contributed by atoms with E-state index in [1.54, 1.807) is 25.1 Å². The smallest absolute Gasteiger partial charge is 0.243 e. The van der Waals surface area contributed by atoms with Crippen molar-refractivity contribution in [2.45, 2.75) is 32.7 Å². The lowest BCUT2D eigenvalue weighted by molar-refractivity contribution is -0.121. The minimum atomic E-state index is -3.67. The van der Waals surface area contributed by atoms with Crippen LogP contribution in [0.15, 0.2) is 42.5 Å². The Hall–Kier alpha value is -1.76. The van der Waals surface area contributed by atoms with E-state index in [9.17, 15) is 13.2 Å². The van der Waals surface area contributed by atoms with Gasteiger partial charge in [-0.3, -0.25) is 9.10 Å². The molecule has 0 unspecified atom stereocenters. The normalized spacial score (nSPS) is 12.5. The number of anilines is 1. The molecule has 0 aliphatic carbocycles. The van der Waals surface area contributed by atoms with E-state index in [0.29, 0.717) is 28.7 Å². The van der Waals surface area contributed by atoms with E-state index in [1.807, 2.05) is 31.2 Å². The number of amides is 1. The first-order valence-corrected chi connectivity index (χ1v) is 11.5. The quantitative estimate of drug-likeness (QED) is 0.622. The molecule has 28 heavy (non-hydrogen) atoms. The van der Waals surface area contributed by atoms with Crippen LogP contribution < -0.4 is 9.62 Å². The summed E-state index contributed by atoms with van der Waals surface area (Å²) in [5, 5.41) is 3.94. The first-order chi connectivity index (χ1) is 13.1. The molecule has 5 nitrogen and oxygen atoms in total. The molecule has 2 aromatic carbocycles. The second-order valence-corrected chi connectivity index (χ2v) is 9.33. The van der Waals surface area contributed by atoms with Crippen molar-refractivity contribution < 1.29 is 13.2 Å². The maximum atomic E-state index is 12.6. The van der Waals surface area contributed by atoms with Crippen molar-refractivity contribution in [3.05, 3.63) is 63.6 Å². The minimum absolute atomic E-state index is 0.358. The average molecular weight is 443 g/mol. The number of carbonyl (C=O) groups is 1. The molecule has 0 heterocycles. The van der Waals surface area contributed by atoms with Gasteiger partial charge in [0.2, 0.25) is 15.9 Å². The van der Waals surface area contributed by atoms with E-state index in [1.165, 1.54) is 0 Å². The summed E-state index contributed by atoms with van der Waals surface area (Å²) in [5.74, 6) is -0.374. The monoisotopic (exact) mass is 442 g/mol. The number of benzene rings is 2. The molecule has 2 rings (SSSR count). The third-order valence-electron chi connectivity index (χ3n) is 4.38.